The van der Waals surface area contributed by atoms with Crippen molar-refractivity contribution in [1.29, 1.82) is 0 Å². The highest BCUT2D eigenvalue weighted by Gasteiger charge is 2.15. The van der Waals surface area contributed by atoms with Crippen LogP contribution in [-0.2, 0) is 16.0 Å². The second-order valence-corrected chi connectivity index (χ2v) is 6.52. The number of benzene rings is 1. The zero-order valence-corrected chi connectivity index (χ0v) is 12.7. The molecule has 104 valence electrons. The standard InChI is InChI=1S/C15H17N3OS/c1-10-13(19)16-14(18-17-10)20-9-11-5-7-12(8-6-11)15(2,3)4/h5-8H,1,9H2,2-4H3. The molecule has 1 aromatic carbocycles. The molecule has 0 spiro atoms. The van der Waals surface area contributed by atoms with Crippen molar-refractivity contribution in [3.05, 3.63) is 47.7 Å². The summed E-state index contributed by atoms with van der Waals surface area (Å²) in [5.74, 6) is 0.299. The number of hydrogen-bond donors (Lipinski definition) is 0. The van der Waals surface area contributed by atoms with E-state index in [9.17, 15) is 4.79 Å². The highest BCUT2D eigenvalue weighted by molar-refractivity contribution is 8.13. The molecule has 20 heavy (non-hydrogen) atoms. The van der Waals surface area contributed by atoms with Crippen molar-refractivity contribution in [3.8, 4) is 0 Å². The lowest BCUT2D eigenvalue weighted by atomic mass is 9.87. The molecular weight excluding hydrogens is 270 g/mol. The number of nitrogens with zero attached hydrogens (tertiary/aromatic N) is 3. The highest BCUT2D eigenvalue weighted by Crippen LogP contribution is 2.24. The third-order valence-corrected chi connectivity index (χ3v) is 3.80. The summed E-state index contributed by atoms with van der Waals surface area (Å²) in [5, 5.41) is 7.92. The lowest BCUT2D eigenvalue weighted by molar-refractivity contribution is -0.114. The molecule has 0 radical (unpaired) electrons. The molecule has 1 aliphatic heterocycles. The van der Waals surface area contributed by atoms with E-state index >= 15 is 0 Å². The molecule has 5 heteroatoms. The van der Waals surface area contributed by atoms with Crippen molar-refractivity contribution < 1.29 is 4.79 Å². The van der Waals surface area contributed by atoms with E-state index in [-0.39, 0.29) is 11.1 Å². The quantitative estimate of drug-likeness (QED) is 0.770. The first-order valence-corrected chi connectivity index (χ1v) is 7.31. The Bertz CT molecular complexity index is 595. The first-order chi connectivity index (χ1) is 9.36. The van der Waals surface area contributed by atoms with Gasteiger partial charge in [-0.25, -0.2) is 0 Å². The summed E-state index contributed by atoms with van der Waals surface area (Å²) in [7, 11) is 0. The zero-order valence-electron chi connectivity index (χ0n) is 11.9. The van der Waals surface area contributed by atoms with Gasteiger partial charge in [0.2, 0.25) is 5.17 Å². The Morgan fingerprint density at radius 2 is 1.80 bits per heavy atom. The van der Waals surface area contributed by atoms with Gasteiger partial charge in [0.05, 0.1) is 0 Å². The minimum atomic E-state index is -0.411. The fraction of sp³-hybridized carbons (Fsp3) is 0.333. The van der Waals surface area contributed by atoms with Gasteiger partial charge in [0, 0.05) is 5.75 Å². The maximum Gasteiger partial charge on any atom is 0.299 e. The number of hydrogen-bond acceptors (Lipinski definition) is 4. The number of azo groups is 1. The average Bonchev–Trinajstić information content (AvgIpc) is 2.40. The lowest BCUT2D eigenvalue weighted by Gasteiger charge is -2.19. The van der Waals surface area contributed by atoms with E-state index < -0.39 is 5.91 Å². The fourth-order valence-electron chi connectivity index (χ4n) is 1.63. The topological polar surface area (TPSA) is 54.1 Å². The molecule has 0 atom stereocenters. The molecular formula is C15H17N3OS. The molecule has 2 rings (SSSR count). The molecule has 0 fully saturated rings. The predicted octanol–water partition coefficient (Wildman–Crippen LogP) is 4.08. The van der Waals surface area contributed by atoms with Crippen LogP contribution in [0.1, 0.15) is 31.9 Å². The van der Waals surface area contributed by atoms with Gasteiger partial charge in [0.15, 0.2) is 0 Å². The van der Waals surface area contributed by atoms with Crippen LogP contribution in [0.15, 0.2) is 51.8 Å². The van der Waals surface area contributed by atoms with Crippen LogP contribution >= 0.6 is 11.8 Å². The summed E-state index contributed by atoms with van der Waals surface area (Å²) in [5.41, 5.74) is 2.70. The van der Waals surface area contributed by atoms with E-state index in [2.05, 4.69) is 66.8 Å². The second-order valence-electron chi connectivity index (χ2n) is 5.58. The predicted molar refractivity (Wildman–Crippen MR) is 82.9 cm³/mol. The van der Waals surface area contributed by atoms with Gasteiger partial charge in [0.1, 0.15) is 5.70 Å². The van der Waals surface area contributed by atoms with E-state index in [4.69, 9.17) is 0 Å². The Kier molecular flexibility index (Phi) is 4.18. The van der Waals surface area contributed by atoms with E-state index in [0.717, 1.165) is 5.56 Å². The minimum absolute atomic E-state index is 0.0869. The molecule has 1 amide bonds. The van der Waals surface area contributed by atoms with Gasteiger partial charge < -0.3 is 0 Å². The zero-order chi connectivity index (χ0) is 14.8. The van der Waals surface area contributed by atoms with Gasteiger partial charge in [-0.3, -0.25) is 4.79 Å². The minimum Gasteiger partial charge on any atom is -0.265 e. The molecule has 0 aromatic heterocycles. The van der Waals surface area contributed by atoms with Gasteiger partial charge in [-0.05, 0) is 16.5 Å². The lowest BCUT2D eigenvalue weighted by Crippen LogP contribution is -2.10. The van der Waals surface area contributed by atoms with Gasteiger partial charge in [0.25, 0.3) is 5.91 Å². The molecule has 1 heterocycles. The van der Waals surface area contributed by atoms with Crippen molar-refractivity contribution >= 4 is 22.8 Å². The summed E-state index contributed by atoms with van der Waals surface area (Å²) in [6, 6.07) is 8.45. The molecule has 0 bridgehead atoms. The Hall–Kier alpha value is -1.75. The van der Waals surface area contributed by atoms with Crippen LogP contribution in [0.4, 0.5) is 0 Å². The van der Waals surface area contributed by atoms with Crippen molar-refractivity contribution in [2.45, 2.75) is 31.9 Å². The molecule has 0 N–H and O–H groups in total. The van der Waals surface area contributed by atoms with Gasteiger partial charge in [-0.2, -0.15) is 4.99 Å². The van der Waals surface area contributed by atoms with E-state index in [0.29, 0.717) is 10.9 Å². The maximum absolute atomic E-state index is 11.3. The van der Waals surface area contributed by atoms with Crippen LogP contribution in [0.2, 0.25) is 0 Å². The Morgan fingerprint density at radius 1 is 1.15 bits per heavy atom. The molecule has 1 aromatic rings. The largest absolute Gasteiger partial charge is 0.299 e. The summed E-state index contributed by atoms with van der Waals surface area (Å²) in [4.78, 5) is 15.1. The molecule has 0 saturated carbocycles. The number of amides is 1. The number of rotatable bonds is 2. The number of thioether (sulfide) groups is 1. The van der Waals surface area contributed by atoms with Crippen LogP contribution in [0.5, 0.6) is 0 Å². The summed E-state index contributed by atoms with van der Waals surface area (Å²) in [6.07, 6.45) is 0. The fourth-order valence-corrected chi connectivity index (χ4v) is 2.36. The third-order valence-electron chi connectivity index (χ3n) is 2.89. The molecule has 0 unspecified atom stereocenters. The summed E-state index contributed by atoms with van der Waals surface area (Å²) < 4.78 is 0. The Balaban J connectivity index is 1.99. The first kappa shape index (κ1) is 14.7. The number of carbonyl (C=O) groups is 1. The van der Waals surface area contributed by atoms with Crippen molar-refractivity contribution in [2.24, 2.45) is 15.2 Å². The summed E-state index contributed by atoms with van der Waals surface area (Å²) >= 11 is 1.40. The summed E-state index contributed by atoms with van der Waals surface area (Å²) in [6.45, 7) is 10.0. The average molecular weight is 287 g/mol. The SMILES string of the molecule is C=C1N=NC(SCc2ccc(C(C)(C)C)cc2)=NC1=O. The third kappa shape index (κ3) is 3.63. The number of amidine groups is 1. The van der Waals surface area contributed by atoms with Crippen molar-refractivity contribution in [2.75, 3.05) is 0 Å². The van der Waals surface area contributed by atoms with E-state index in [1.165, 1.54) is 17.3 Å². The first-order valence-electron chi connectivity index (χ1n) is 6.32. The number of aliphatic imine (C=N–C) groups is 1. The van der Waals surface area contributed by atoms with Crippen LogP contribution in [0.25, 0.3) is 0 Å². The van der Waals surface area contributed by atoms with Crippen LogP contribution in [0.3, 0.4) is 0 Å². The molecule has 0 saturated heterocycles. The highest BCUT2D eigenvalue weighted by atomic mass is 32.2. The molecule has 4 nitrogen and oxygen atoms in total. The monoisotopic (exact) mass is 287 g/mol. The molecule has 0 aliphatic carbocycles. The van der Waals surface area contributed by atoms with Gasteiger partial charge in [-0.15, -0.1) is 10.2 Å². The Labute approximate surface area is 123 Å². The molecule has 1 aliphatic rings. The number of carbonyl (C=O) groups excluding carboxylic acids is 1. The maximum atomic E-state index is 11.3. The Morgan fingerprint density at radius 3 is 2.35 bits per heavy atom. The van der Waals surface area contributed by atoms with Crippen LogP contribution in [0, 0.1) is 0 Å². The second kappa shape index (κ2) is 5.71. The van der Waals surface area contributed by atoms with E-state index in [1.807, 2.05) is 0 Å². The van der Waals surface area contributed by atoms with Gasteiger partial charge in [-0.1, -0.05) is 63.4 Å². The normalized spacial score (nSPS) is 15.4. The smallest absolute Gasteiger partial charge is 0.265 e. The van der Waals surface area contributed by atoms with Crippen molar-refractivity contribution in [1.82, 2.24) is 0 Å². The van der Waals surface area contributed by atoms with Crippen LogP contribution in [-0.4, -0.2) is 11.1 Å². The van der Waals surface area contributed by atoms with E-state index in [1.54, 1.807) is 0 Å². The van der Waals surface area contributed by atoms with Crippen molar-refractivity contribution in [3.63, 3.8) is 0 Å². The van der Waals surface area contributed by atoms with Crippen LogP contribution < -0.4 is 0 Å². The van der Waals surface area contributed by atoms with Gasteiger partial charge >= 0.3 is 0 Å².